The van der Waals surface area contributed by atoms with Crippen LogP contribution >= 0.6 is 0 Å². The number of aromatic carboxylic acids is 1. The molecule has 0 spiro atoms. The fourth-order valence-corrected chi connectivity index (χ4v) is 4.33. The highest BCUT2D eigenvalue weighted by molar-refractivity contribution is 5.98. The number of carbonyl (C=O) groups is 2. The third kappa shape index (κ3) is 3.41. The maximum atomic E-state index is 13.3. The number of hydrogen-bond donors (Lipinski definition) is 1. The number of nitrogens with zero attached hydrogens (tertiary/aromatic N) is 4. The van der Waals surface area contributed by atoms with E-state index >= 15 is 0 Å². The number of carboxylic acids is 1. The fraction of sp³-hybridized carbons (Fsp3) is 0.409. The molecule has 1 aliphatic rings. The van der Waals surface area contributed by atoms with Crippen LogP contribution in [0.5, 0.6) is 0 Å². The molecular weight excluding hydrogens is 368 g/mol. The lowest BCUT2D eigenvalue weighted by Gasteiger charge is -2.33. The lowest BCUT2D eigenvalue weighted by atomic mass is 10.0. The fourth-order valence-electron chi connectivity index (χ4n) is 4.33. The van der Waals surface area contributed by atoms with E-state index in [0.29, 0.717) is 18.8 Å². The molecular formula is C22H26N4O3. The molecule has 0 radical (unpaired) electrons. The van der Waals surface area contributed by atoms with Gasteiger partial charge in [-0.25, -0.2) is 4.79 Å². The molecule has 1 aliphatic heterocycles. The minimum atomic E-state index is -0.954. The summed E-state index contributed by atoms with van der Waals surface area (Å²) in [6.07, 6.45) is 3.91. The second-order valence-electron chi connectivity index (χ2n) is 7.66. The van der Waals surface area contributed by atoms with Crippen LogP contribution in [-0.2, 0) is 6.54 Å². The van der Waals surface area contributed by atoms with Crippen LogP contribution in [0.25, 0.3) is 10.9 Å². The Hall–Kier alpha value is -3.09. The van der Waals surface area contributed by atoms with Gasteiger partial charge in [0.2, 0.25) is 0 Å². The zero-order valence-electron chi connectivity index (χ0n) is 16.8. The highest BCUT2D eigenvalue weighted by Gasteiger charge is 2.28. The molecule has 0 aliphatic carbocycles. The summed E-state index contributed by atoms with van der Waals surface area (Å²) >= 11 is 0. The summed E-state index contributed by atoms with van der Waals surface area (Å²) in [4.78, 5) is 26.5. The summed E-state index contributed by atoms with van der Waals surface area (Å²) in [5, 5.41) is 14.6. The molecule has 4 rings (SSSR count). The molecule has 0 atom stereocenters. The van der Waals surface area contributed by atoms with E-state index in [4.69, 9.17) is 0 Å². The molecule has 1 aromatic carbocycles. The van der Waals surface area contributed by atoms with Crippen molar-refractivity contribution in [2.45, 2.75) is 45.7 Å². The minimum absolute atomic E-state index is 0.0662. The van der Waals surface area contributed by atoms with Crippen LogP contribution < -0.4 is 0 Å². The Kier molecular flexibility index (Phi) is 5.13. The molecule has 1 N–H and O–H groups in total. The number of carbonyl (C=O) groups excluding carboxylic acids is 1. The molecule has 3 aromatic rings. The van der Waals surface area contributed by atoms with Gasteiger partial charge in [-0.3, -0.25) is 9.48 Å². The largest absolute Gasteiger partial charge is 0.478 e. The first-order chi connectivity index (χ1) is 14.0. The van der Waals surface area contributed by atoms with Gasteiger partial charge >= 0.3 is 5.97 Å². The van der Waals surface area contributed by atoms with Crippen LogP contribution in [0.15, 0.2) is 36.5 Å². The van der Waals surface area contributed by atoms with E-state index in [1.807, 2.05) is 29.2 Å². The SMILES string of the molecule is CCCn1c(C(=O)N2CCC(n3ncc(C(=O)O)c3C)CC2)cc2ccccc21. The topological polar surface area (TPSA) is 80.4 Å². The van der Waals surface area contributed by atoms with E-state index in [-0.39, 0.29) is 17.5 Å². The Morgan fingerprint density at radius 1 is 1.21 bits per heavy atom. The van der Waals surface area contributed by atoms with E-state index in [9.17, 15) is 14.7 Å². The number of amides is 1. The molecule has 7 nitrogen and oxygen atoms in total. The van der Waals surface area contributed by atoms with E-state index in [1.165, 1.54) is 6.20 Å². The molecule has 152 valence electrons. The van der Waals surface area contributed by atoms with Crippen molar-refractivity contribution in [3.8, 4) is 0 Å². The number of hydrogen-bond acceptors (Lipinski definition) is 3. The first-order valence-corrected chi connectivity index (χ1v) is 10.2. The summed E-state index contributed by atoms with van der Waals surface area (Å²) in [7, 11) is 0. The highest BCUT2D eigenvalue weighted by Crippen LogP contribution is 2.27. The van der Waals surface area contributed by atoms with Crippen molar-refractivity contribution in [3.63, 3.8) is 0 Å². The van der Waals surface area contributed by atoms with Crippen molar-refractivity contribution in [2.24, 2.45) is 0 Å². The molecule has 0 saturated carbocycles. The standard InChI is InChI=1S/C22H26N4O3/c1-3-10-25-19-7-5-4-6-16(19)13-20(25)21(27)24-11-8-17(9-12-24)26-15(2)18(14-23-26)22(28)29/h4-7,13-14,17H,3,8-12H2,1-2H3,(H,28,29). The number of piperidine rings is 1. The smallest absolute Gasteiger partial charge is 0.339 e. The van der Waals surface area contributed by atoms with Crippen LogP contribution in [0.2, 0.25) is 0 Å². The first-order valence-electron chi connectivity index (χ1n) is 10.2. The molecule has 3 heterocycles. The normalized spacial score (nSPS) is 15.2. The monoisotopic (exact) mass is 394 g/mol. The van der Waals surface area contributed by atoms with Gasteiger partial charge in [-0.1, -0.05) is 25.1 Å². The van der Waals surface area contributed by atoms with Crippen LogP contribution in [0, 0.1) is 6.92 Å². The lowest BCUT2D eigenvalue weighted by Crippen LogP contribution is -2.40. The molecule has 29 heavy (non-hydrogen) atoms. The number of rotatable bonds is 5. The molecule has 1 amide bonds. The van der Waals surface area contributed by atoms with Gasteiger partial charge in [0.15, 0.2) is 0 Å². The predicted molar refractivity (Wildman–Crippen MR) is 110 cm³/mol. The van der Waals surface area contributed by atoms with Crippen molar-refractivity contribution in [3.05, 3.63) is 53.5 Å². The van der Waals surface area contributed by atoms with Gasteiger partial charge in [0.1, 0.15) is 11.3 Å². The Morgan fingerprint density at radius 2 is 1.93 bits per heavy atom. The first kappa shape index (κ1) is 19.2. The molecule has 1 fully saturated rings. The Labute approximate surface area is 169 Å². The van der Waals surface area contributed by atoms with Crippen LogP contribution in [0.4, 0.5) is 0 Å². The Balaban J connectivity index is 1.52. The highest BCUT2D eigenvalue weighted by atomic mass is 16.4. The number of benzene rings is 1. The molecule has 0 bridgehead atoms. The van der Waals surface area contributed by atoms with Gasteiger partial charge < -0.3 is 14.6 Å². The van der Waals surface area contributed by atoms with E-state index in [0.717, 1.165) is 42.4 Å². The summed E-state index contributed by atoms with van der Waals surface area (Å²) < 4.78 is 3.93. The Bertz CT molecular complexity index is 1060. The van der Waals surface area contributed by atoms with Crippen LogP contribution in [-0.4, -0.2) is 49.3 Å². The van der Waals surface area contributed by atoms with Gasteiger partial charge in [0.25, 0.3) is 5.91 Å². The zero-order valence-corrected chi connectivity index (χ0v) is 16.8. The maximum absolute atomic E-state index is 13.3. The number of aromatic nitrogens is 3. The zero-order chi connectivity index (χ0) is 20.5. The van der Waals surface area contributed by atoms with Crippen molar-refractivity contribution >= 4 is 22.8 Å². The van der Waals surface area contributed by atoms with Crippen LogP contribution in [0.3, 0.4) is 0 Å². The van der Waals surface area contributed by atoms with Crippen LogP contribution in [0.1, 0.15) is 58.8 Å². The van der Waals surface area contributed by atoms with E-state index < -0.39 is 5.97 Å². The number of fused-ring (bicyclic) bond motifs is 1. The van der Waals surface area contributed by atoms with Crippen molar-refractivity contribution < 1.29 is 14.7 Å². The van der Waals surface area contributed by atoms with Crippen molar-refractivity contribution in [1.82, 2.24) is 19.2 Å². The molecule has 0 unspecified atom stereocenters. The summed E-state index contributed by atoms with van der Waals surface area (Å²) in [5.74, 6) is -0.887. The lowest BCUT2D eigenvalue weighted by molar-refractivity contribution is 0.0678. The average Bonchev–Trinajstić information content (AvgIpc) is 3.29. The maximum Gasteiger partial charge on any atom is 0.339 e. The van der Waals surface area contributed by atoms with Gasteiger partial charge in [0.05, 0.1) is 17.9 Å². The number of aryl methyl sites for hydroxylation is 1. The third-order valence-corrected chi connectivity index (χ3v) is 5.85. The Morgan fingerprint density at radius 3 is 2.59 bits per heavy atom. The second kappa shape index (κ2) is 7.73. The second-order valence-corrected chi connectivity index (χ2v) is 7.66. The summed E-state index contributed by atoms with van der Waals surface area (Å²) in [6.45, 7) is 6.00. The minimum Gasteiger partial charge on any atom is -0.478 e. The van der Waals surface area contributed by atoms with E-state index in [1.54, 1.807) is 11.6 Å². The summed E-state index contributed by atoms with van der Waals surface area (Å²) in [5.41, 5.74) is 2.76. The van der Waals surface area contributed by atoms with Gasteiger partial charge in [-0.15, -0.1) is 0 Å². The molecule has 7 heteroatoms. The van der Waals surface area contributed by atoms with Crippen molar-refractivity contribution in [2.75, 3.05) is 13.1 Å². The third-order valence-electron chi connectivity index (χ3n) is 5.85. The number of likely N-dealkylation sites (tertiary alicyclic amines) is 1. The number of para-hydroxylation sites is 1. The van der Waals surface area contributed by atoms with Crippen molar-refractivity contribution in [1.29, 1.82) is 0 Å². The van der Waals surface area contributed by atoms with Gasteiger partial charge in [-0.05, 0) is 38.3 Å². The number of carboxylic acid groups (broad SMARTS) is 1. The predicted octanol–water partition coefficient (Wildman–Crippen LogP) is 3.73. The molecule has 1 saturated heterocycles. The average molecular weight is 394 g/mol. The van der Waals surface area contributed by atoms with Gasteiger partial charge in [-0.2, -0.15) is 5.10 Å². The molecule has 2 aromatic heterocycles. The quantitative estimate of drug-likeness (QED) is 0.715. The van der Waals surface area contributed by atoms with Gasteiger partial charge in [0, 0.05) is 30.5 Å². The summed E-state index contributed by atoms with van der Waals surface area (Å²) in [6, 6.07) is 10.2. The van der Waals surface area contributed by atoms with E-state index in [2.05, 4.69) is 22.7 Å².